The van der Waals surface area contributed by atoms with Gasteiger partial charge < -0.3 is 15.8 Å². The number of amides is 1. The zero-order chi connectivity index (χ0) is 15.4. The smallest absolute Gasteiger partial charge is 0.377 e. The van der Waals surface area contributed by atoms with Gasteiger partial charge in [-0.2, -0.15) is 0 Å². The highest BCUT2D eigenvalue weighted by molar-refractivity contribution is 5.91. The average Bonchev–Trinajstić information content (AvgIpc) is 2.90. The molecular weight excluding hydrogens is 281 g/mol. The monoisotopic (exact) mass is 293 g/mol. The standard InChI is InChI=1S/C12H12FN5O3/c1-21-12(20)11-15-6-18(17-11)5-10(19)16-9-4-7(14)2-3-8(9)13/h2-4,6H,5,14H2,1H3,(H,16,19). The van der Waals surface area contributed by atoms with Crippen LogP contribution in [0.5, 0.6) is 0 Å². The molecule has 110 valence electrons. The number of methoxy groups -OCH3 is 1. The Bertz CT molecular complexity index is 685. The zero-order valence-corrected chi connectivity index (χ0v) is 11.0. The summed E-state index contributed by atoms with van der Waals surface area (Å²) in [5, 5.41) is 6.11. The minimum Gasteiger partial charge on any atom is -0.463 e. The molecule has 1 amide bonds. The van der Waals surface area contributed by atoms with Crippen molar-refractivity contribution < 1.29 is 18.7 Å². The summed E-state index contributed by atoms with van der Waals surface area (Å²) in [6.07, 6.45) is 1.20. The van der Waals surface area contributed by atoms with Gasteiger partial charge >= 0.3 is 5.97 Å². The second-order valence-electron chi connectivity index (χ2n) is 4.04. The summed E-state index contributed by atoms with van der Waals surface area (Å²) in [6, 6.07) is 3.83. The number of carbonyl (C=O) groups excluding carboxylic acids is 2. The maximum absolute atomic E-state index is 13.5. The molecule has 0 aliphatic carbocycles. The average molecular weight is 293 g/mol. The van der Waals surface area contributed by atoms with Gasteiger partial charge in [-0.1, -0.05) is 0 Å². The highest BCUT2D eigenvalue weighted by atomic mass is 19.1. The molecule has 0 bridgehead atoms. The molecule has 0 saturated heterocycles. The first-order valence-electron chi connectivity index (χ1n) is 5.82. The third kappa shape index (κ3) is 3.53. The summed E-state index contributed by atoms with van der Waals surface area (Å²) >= 11 is 0. The second-order valence-corrected chi connectivity index (χ2v) is 4.04. The molecule has 2 rings (SSSR count). The van der Waals surface area contributed by atoms with E-state index < -0.39 is 17.7 Å². The van der Waals surface area contributed by atoms with Gasteiger partial charge in [0.05, 0.1) is 12.8 Å². The Morgan fingerprint density at radius 2 is 2.24 bits per heavy atom. The lowest BCUT2D eigenvalue weighted by molar-refractivity contribution is -0.116. The van der Waals surface area contributed by atoms with Crippen molar-refractivity contribution in [2.75, 3.05) is 18.2 Å². The van der Waals surface area contributed by atoms with E-state index in [1.165, 1.54) is 25.6 Å². The van der Waals surface area contributed by atoms with Crippen molar-refractivity contribution in [2.24, 2.45) is 0 Å². The number of benzene rings is 1. The van der Waals surface area contributed by atoms with Gasteiger partial charge in [0.2, 0.25) is 5.91 Å². The van der Waals surface area contributed by atoms with Crippen LogP contribution < -0.4 is 11.1 Å². The number of hydrogen-bond donors (Lipinski definition) is 2. The Hall–Kier alpha value is -2.97. The molecule has 0 aliphatic heterocycles. The van der Waals surface area contributed by atoms with E-state index in [0.717, 1.165) is 10.7 Å². The number of aromatic nitrogens is 3. The molecule has 8 nitrogen and oxygen atoms in total. The fraction of sp³-hybridized carbons (Fsp3) is 0.167. The predicted molar refractivity (Wildman–Crippen MR) is 70.8 cm³/mol. The van der Waals surface area contributed by atoms with Gasteiger partial charge in [-0.3, -0.25) is 4.79 Å². The van der Waals surface area contributed by atoms with Crippen LogP contribution in [0.2, 0.25) is 0 Å². The molecule has 9 heteroatoms. The number of esters is 1. The van der Waals surface area contributed by atoms with Crippen LogP contribution in [0.15, 0.2) is 24.5 Å². The molecule has 0 radical (unpaired) electrons. The van der Waals surface area contributed by atoms with E-state index in [0.29, 0.717) is 5.69 Å². The predicted octanol–water partition coefficient (Wildman–Crippen LogP) is 0.425. The molecule has 0 atom stereocenters. The third-order valence-electron chi connectivity index (χ3n) is 2.47. The van der Waals surface area contributed by atoms with E-state index in [1.807, 2.05) is 0 Å². The molecule has 0 unspecified atom stereocenters. The number of carbonyl (C=O) groups is 2. The van der Waals surface area contributed by atoms with Crippen molar-refractivity contribution in [1.82, 2.24) is 14.8 Å². The van der Waals surface area contributed by atoms with E-state index in [1.54, 1.807) is 0 Å². The van der Waals surface area contributed by atoms with Gasteiger partial charge in [-0.25, -0.2) is 18.9 Å². The number of nitrogens with zero attached hydrogens (tertiary/aromatic N) is 3. The Morgan fingerprint density at radius 1 is 1.48 bits per heavy atom. The fourth-order valence-corrected chi connectivity index (χ4v) is 1.53. The Balaban J connectivity index is 2.03. The molecule has 1 aromatic carbocycles. The highest BCUT2D eigenvalue weighted by Gasteiger charge is 2.13. The quantitative estimate of drug-likeness (QED) is 0.624. The fourth-order valence-electron chi connectivity index (χ4n) is 1.53. The molecule has 0 fully saturated rings. The van der Waals surface area contributed by atoms with Gasteiger partial charge in [0.15, 0.2) is 0 Å². The molecule has 0 saturated carbocycles. The van der Waals surface area contributed by atoms with Crippen LogP contribution in [0.25, 0.3) is 0 Å². The van der Waals surface area contributed by atoms with Gasteiger partial charge in [-0.15, -0.1) is 5.10 Å². The number of anilines is 2. The van der Waals surface area contributed by atoms with E-state index >= 15 is 0 Å². The molecular formula is C12H12FN5O3. The lowest BCUT2D eigenvalue weighted by Crippen LogP contribution is -2.20. The van der Waals surface area contributed by atoms with E-state index in [-0.39, 0.29) is 18.1 Å². The Morgan fingerprint density at radius 3 is 2.95 bits per heavy atom. The first kappa shape index (κ1) is 14.4. The molecule has 2 aromatic rings. The third-order valence-corrected chi connectivity index (χ3v) is 2.47. The molecule has 1 aromatic heterocycles. The number of nitrogen functional groups attached to an aromatic ring is 1. The molecule has 0 aliphatic rings. The summed E-state index contributed by atoms with van der Waals surface area (Å²) in [5.74, 6) is -2.02. The van der Waals surface area contributed by atoms with E-state index in [9.17, 15) is 14.0 Å². The van der Waals surface area contributed by atoms with Gasteiger partial charge in [0, 0.05) is 5.69 Å². The van der Waals surface area contributed by atoms with Crippen molar-refractivity contribution in [1.29, 1.82) is 0 Å². The van der Waals surface area contributed by atoms with Crippen LogP contribution in [0.3, 0.4) is 0 Å². The maximum Gasteiger partial charge on any atom is 0.377 e. The lowest BCUT2D eigenvalue weighted by atomic mass is 10.2. The van der Waals surface area contributed by atoms with E-state index in [2.05, 4.69) is 20.1 Å². The summed E-state index contributed by atoms with van der Waals surface area (Å²) in [6.45, 7) is -0.238. The van der Waals surface area contributed by atoms with Crippen molar-refractivity contribution in [2.45, 2.75) is 6.54 Å². The minimum absolute atomic E-state index is 0.0340. The number of rotatable bonds is 4. The lowest BCUT2D eigenvalue weighted by Gasteiger charge is -2.07. The van der Waals surface area contributed by atoms with Crippen molar-refractivity contribution >= 4 is 23.3 Å². The van der Waals surface area contributed by atoms with Crippen LogP contribution in [0.1, 0.15) is 10.6 Å². The summed E-state index contributed by atoms with van der Waals surface area (Å²) in [5.41, 5.74) is 5.80. The highest BCUT2D eigenvalue weighted by Crippen LogP contribution is 2.17. The first-order valence-corrected chi connectivity index (χ1v) is 5.82. The van der Waals surface area contributed by atoms with Gasteiger partial charge in [-0.05, 0) is 18.2 Å². The number of halogens is 1. The topological polar surface area (TPSA) is 112 Å². The largest absolute Gasteiger partial charge is 0.463 e. The first-order chi connectivity index (χ1) is 9.99. The molecule has 21 heavy (non-hydrogen) atoms. The summed E-state index contributed by atoms with van der Waals surface area (Å²) in [4.78, 5) is 26.6. The van der Waals surface area contributed by atoms with Crippen LogP contribution in [0.4, 0.5) is 15.8 Å². The van der Waals surface area contributed by atoms with Gasteiger partial charge in [0.25, 0.3) is 5.82 Å². The van der Waals surface area contributed by atoms with Crippen molar-refractivity contribution in [3.8, 4) is 0 Å². The zero-order valence-electron chi connectivity index (χ0n) is 11.0. The summed E-state index contributed by atoms with van der Waals surface area (Å²) < 4.78 is 19.0. The van der Waals surface area contributed by atoms with Crippen molar-refractivity contribution in [3.05, 3.63) is 36.2 Å². The Kier molecular flexibility index (Phi) is 4.12. The van der Waals surface area contributed by atoms with Crippen LogP contribution in [-0.2, 0) is 16.1 Å². The van der Waals surface area contributed by atoms with Crippen LogP contribution >= 0.6 is 0 Å². The minimum atomic E-state index is -0.712. The van der Waals surface area contributed by atoms with Crippen LogP contribution in [-0.4, -0.2) is 33.8 Å². The van der Waals surface area contributed by atoms with E-state index in [4.69, 9.17) is 5.73 Å². The molecule has 1 heterocycles. The Labute approximate surface area is 118 Å². The SMILES string of the molecule is COC(=O)c1ncn(CC(=O)Nc2cc(N)ccc2F)n1. The number of ether oxygens (including phenoxy) is 1. The number of nitrogens with one attached hydrogen (secondary N) is 1. The van der Waals surface area contributed by atoms with Crippen LogP contribution in [0, 0.1) is 5.82 Å². The van der Waals surface area contributed by atoms with Gasteiger partial charge in [0.1, 0.15) is 18.7 Å². The molecule has 3 N–H and O–H groups in total. The number of nitrogens with two attached hydrogens (primary N) is 1. The summed E-state index contributed by atoms with van der Waals surface area (Å²) in [7, 11) is 1.19. The molecule has 0 spiro atoms. The van der Waals surface area contributed by atoms with Crippen molar-refractivity contribution in [3.63, 3.8) is 0 Å². The maximum atomic E-state index is 13.5. The second kappa shape index (κ2) is 5.99. The number of hydrogen-bond acceptors (Lipinski definition) is 6. The normalized spacial score (nSPS) is 10.2.